The number of aromatic nitrogens is 1. The molecule has 2 rings (SSSR count). The van der Waals surface area contributed by atoms with Gasteiger partial charge < -0.3 is 4.90 Å². The molecule has 0 N–H and O–H groups in total. The zero-order valence-corrected chi connectivity index (χ0v) is 16.3. The molecule has 3 nitrogen and oxygen atoms in total. The van der Waals surface area contributed by atoms with E-state index < -0.39 is 0 Å². The van der Waals surface area contributed by atoms with Crippen LogP contribution in [-0.4, -0.2) is 22.3 Å². The van der Waals surface area contributed by atoms with E-state index in [1.807, 2.05) is 12.3 Å². The van der Waals surface area contributed by atoms with Crippen LogP contribution < -0.4 is 0 Å². The second-order valence-corrected chi connectivity index (χ2v) is 7.70. The normalized spacial score (nSPS) is 18.5. The van der Waals surface area contributed by atoms with Crippen molar-refractivity contribution in [2.24, 2.45) is 5.92 Å². The van der Waals surface area contributed by atoms with E-state index in [-0.39, 0.29) is 6.04 Å². The summed E-state index contributed by atoms with van der Waals surface area (Å²) in [5.41, 5.74) is 1.19. The molecule has 0 saturated carbocycles. The Balaban J connectivity index is 1.59. The molecule has 0 spiro atoms. The Hall–Kier alpha value is -1.38. The van der Waals surface area contributed by atoms with Gasteiger partial charge in [-0.05, 0) is 36.8 Å². The number of hydrogen-bond acceptors (Lipinski definition) is 2. The molecule has 1 fully saturated rings. The predicted octanol–water partition coefficient (Wildman–Crippen LogP) is 5.91. The first kappa shape index (κ1) is 19.9. The van der Waals surface area contributed by atoms with Crippen LogP contribution in [-0.2, 0) is 4.79 Å². The van der Waals surface area contributed by atoms with Gasteiger partial charge in [-0.3, -0.25) is 9.78 Å². The van der Waals surface area contributed by atoms with Crippen LogP contribution >= 0.6 is 0 Å². The largest absolute Gasteiger partial charge is 0.336 e. The number of carbonyl (C=O) groups excluding carboxylic acids is 1. The first-order chi connectivity index (χ1) is 12.2. The Bertz CT molecular complexity index is 488. The van der Waals surface area contributed by atoms with Gasteiger partial charge in [0.25, 0.3) is 0 Å². The summed E-state index contributed by atoms with van der Waals surface area (Å²) in [6, 6.07) is 4.32. The summed E-state index contributed by atoms with van der Waals surface area (Å²) in [6.45, 7) is 5.54. The number of carbonyl (C=O) groups is 1. The maximum atomic E-state index is 12.6. The third-order valence-electron chi connectivity index (χ3n) is 5.68. The van der Waals surface area contributed by atoms with E-state index in [9.17, 15) is 4.79 Å². The monoisotopic (exact) mass is 344 g/mol. The van der Waals surface area contributed by atoms with Crippen molar-refractivity contribution in [3.05, 3.63) is 30.1 Å². The van der Waals surface area contributed by atoms with Crippen molar-refractivity contribution in [2.45, 2.75) is 90.5 Å². The smallest absolute Gasteiger partial charge is 0.223 e. The van der Waals surface area contributed by atoms with Crippen molar-refractivity contribution >= 4 is 5.91 Å². The highest BCUT2D eigenvalue weighted by Crippen LogP contribution is 2.32. The summed E-state index contributed by atoms with van der Waals surface area (Å²) in [6.07, 6.45) is 16.9. The Morgan fingerprint density at radius 1 is 1.24 bits per heavy atom. The van der Waals surface area contributed by atoms with Crippen LogP contribution in [0.15, 0.2) is 24.5 Å². The number of amides is 1. The van der Waals surface area contributed by atoms with Crippen molar-refractivity contribution in [3.8, 4) is 0 Å². The number of likely N-dealkylation sites (tertiary alicyclic amines) is 1. The fourth-order valence-electron chi connectivity index (χ4n) is 3.81. The van der Waals surface area contributed by atoms with E-state index >= 15 is 0 Å². The standard InChI is InChI=1S/C22H36N2O/c1-3-19(2)12-8-6-4-5-7-9-15-22(25)24-17-11-14-21(24)20-13-10-16-23-18-20/h10,13,16,18-19,21H,3-9,11-12,14-15,17H2,1-2H3. The summed E-state index contributed by atoms with van der Waals surface area (Å²) >= 11 is 0. The van der Waals surface area contributed by atoms with Gasteiger partial charge in [-0.25, -0.2) is 0 Å². The van der Waals surface area contributed by atoms with E-state index in [1.54, 1.807) is 6.20 Å². The fourth-order valence-corrected chi connectivity index (χ4v) is 3.81. The van der Waals surface area contributed by atoms with Gasteiger partial charge in [0.15, 0.2) is 0 Å². The number of pyridine rings is 1. The molecule has 2 atom stereocenters. The maximum Gasteiger partial charge on any atom is 0.223 e. The van der Waals surface area contributed by atoms with Gasteiger partial charge in [-0.15, -0.1) is 0 Å². The summed E-state index contributed by atoms with van der Waals surface area (Å²) in [5, 5.41) is 0. The molecule has 0 bridgehead atoms. The lowest BCUT2D eigenvalue weighted by atomic mass is 10.00. The number of rotatable bonds is 11. The summed E-state index contributed by atoms with van der Waals surface area (Å²) in [4.78, 5) is 18.9. The van der Waals surface area contributed by atoms with Crippen LogP contribution in [0.1, 0.15) is 96.1 Å². The fraction of sp³-hybridized carbons (Fsp3) is 0.727. The van der Waals surface area contributed by atoms with Crippen LogP contribution in [0.4, 0.5) is 0 Å². The molecule has 1 aliphatic rings. The van der Waals surface area contributed by atoms with Crippen LogP contribution in [0.5, 0.6) is 0 Å². The molecule has 25 heavy (non-hydrogen) atoms. The Morgan fingerprint density at radius 3 is 2.72 bits per heavy atom. The lowest BCUT2D eigenvalue weighted by Crippen LogP contribution is -2.30. The topological polar surface area (TPSA) is 33.2 Å². The molecule has 1 aromatic heterocycles. The first-order valence-corrected chi connectivity index (χ1v) is 10.4. The van der Waals surface area contributed by atoms with E-state index in [4.69, 9.17) is 0 Å². The second-order valence-electron chi connectivity index (χ2n) is 7.70. The van der Waals surface area contributed by atoms with Gasteiger partial charge in [0.1, 0.15) is 0 Å². The highest BCUT2D eigenvalue weighted by molar-refractivity contribution is 5.77. The highest BCUT2D eigenvalue weighted by Gasteiger charge is 2.29. The predicted molar refractivity (Wildman–Crippen MR) is 104 cm³/mol. The summed E-state index contributed by atoms with van der Waals surface area (Å²) in [7, 11) is 0. The molecule has 0 radical (unpaired) electrons. The van der Waals surface area contributed by atoms with Gasteiger partial charge in [0.05, 0.1) is 6.04 Å². The lowest BCUT2D eigenvalue weighted by Gasteiger charge is -2.25. The van der Waals surface area contributed by atoms with Crippen molar-refractivity contribution in [2.75, 3.05) is 6.54 Å². The van der Waals surface area contributed by atoms with Crippen molar-refractivity contribution in [1.29, 1.82) is 0 Å². The SMILES string of the molecule is CCC(C)CCCCCCCCC(=O)N1CCCC1c1cccnc1. The van der Waals surface area contributed by atoms with Gasteiger partial charge >= 0.3 is 0 Å². The highest BCUT2D eigenvalue weighted by atomic mass is 16.2. The number of nitrogens with zero attached hydrogens (tertiary/aromatic N) is 2. The summed E-state index contributed by atoms with van der Waals surface area (Å²) in [5.74, 6) is 1.22. The zero-order valence-electron chi connectivity index (χ0n) is 16.3. The van der Waals surface area contributed by atoms with E-state index in [0.717, 1.165) is 31.7 Å². The third kappa shape index (κ3) is 6.80. The van der Waals surface area contributed by atoms with Gasteiger partial charge in [-0.1, -0.05) is 64.9 Å². The summed E-state index contributed by atoms with van der Waals surface area (Å²) < 4.78 is 0. The molecule has 3 heteroatoms. The Kier molecular flexibility index (Phi) is 8.99. The van der Waals surface area contributed by atoms with E-state index in [0.29, 0.717) is 12.3 Å². The average molecular weight is 345 g/mol. The number of unbranched alkanes of at least 4 members (excludes halogenated alkanes) is 5. The van der Waals surface area contributed by atoms with Crippen LogP contribution in [0.3, 0.4) is 0 Å². The zero-order chi connectivity index (χ0) is 17.9. The minimum absolute atomic E-state index is 0.252. The van der Waals surface area contributed by atoms with Gasteiger partial charge in [0, 0.05) is 25.4 Å². The minimum atomic E-state index is 0.252. The van der Waals surface area contributed by atoms with Crippen molar-refractivity contribution in [3.63, 3.8) is 0 Å². The molecule has 0 aliphatic carbocycles. The molecule has 0 aromatic carbocycles. The third-order valence-corrected chi connectivity index (χ3v) is 5.68. The molecule has 1 aromatic rings. The van der Waals surface area contributed by atoms with Crippen LogP contribution in [0.25, 0.3) is 0 Å². The molecule has 140 valence electrons. The molecular formula is C22H36N2O. The van der Waals surface area contributed by atoms with E-state index in [2.05, 4.69) is 29.8 Å². The molecule has 2 heterocycles. The molecule has 1 amide bonds. The second kappa shape index (κ2) is 11.3. The number of hydrogen-bond donors (Lipinski definition) is 0. The van der Waals surface area contributed by atoms with Crippen LogP contribution in [0, 0.1) is 5.92 Å². The molecule has 2 unspecified atom stereocenters. The molecule has 1 saturated heterocycles. The van der Waals surface area contributed by atoms with Crippen molar-refractivity contribution in [1.82, 2.24) is 9.88 Å². The van der Waals surface area contributed by atoms with Crippen molar-refractivity contribution < 1.29 is 4.79 Å². The van der Waals surface area contributed by atoms with Gasteiger partial charge in [-0.2, -0.15) is 0 Å². The van der Waals surface area contributed by atoms with E-state index in [1.165, 1.54) is 50.5 Å². The average Bonchev–Trinajstić information content (AvgIpc) is 3.14. The lowest BCUT2D eigenvalue weighted by molar-refractivity contribution is -0.132. The Labute approximate surface area is 154 Å². The molecule has 1 aliphatic heterocycles. The Morgan fingerprint density at radius 2 is 2.00 bits per heavy atom. The maximum absolute atomic E-state index is 12.6. The van der Waals surface area contributed by atoms with Crippen LogP contribution in [0.2, 0.25) is 0 Å². The molecular weight excluding hydrogens is 308 g/mol. The van der Waals surface area contributed by atoms with Gasteiger partial charge in [0.2, 0.25) is 5.91 Å². The first-order valence-electron chi connectivity index (χ1n) is 10.4. The quantitative estimate of drug-likeness (QED) is 0.467. The minimum Gasteiger partial charge on any atom is -0.336 e.